The Balaban J connectivity index is 1.74. The Hall–Kier alpha value is -2.78. The topological polar surface area (TPSA) is 75.1 Å². The fourth-order valence-electron chi connectivity index (χ4n) is 4.60. The Morgan fingerprint density at radius 2 is 1.68 bits per heavy atom. The lowest BCUT2D eigenvalue weighted by atomic mass is 10.1. The number of carbonyl (C=O) groups excluding carboxylic acids is 2. The van der Waals surface area contributed by atoms with Gasteiger partial charge >= 0.3 is 5.97 Å². The lowest BCUT2D eigenvalue weighted by molar-refractivity contribution is 0.0523. The molecule has 1 aliphatic rings. The van der Waals surface area contributed by atoms with E-state index in [0.29, 0.717) is 76.5 Å². The van der Waals surface area contributed by atoms with Crippen LogP contribution in [0.4, 0.5) is 5.69 Å². The number of hydrogen-bond acceptors (Lipinski definition) is 6. The Morgan fingerprint density at radius 1 is 0.974 bits per heavy atom. The number of ether oxygens (including phenoxy) is 1. The molecule has 38 heavy (non-hydrogen) atoms. The van der Waals surface area contributed by atoms with E-state index in [9.17, 15) is 14.4 Å². The van der Waals surface area contributed by atoms with Crippen LogP contribution in [0.25, 0.3) is 10.9 Å². The summed E-state index contributed by atoms with van der Waals surface area (Å²) in [5.74, 6) is -0.844. The molecule has 0 bridgehead atoms. The summed E-state index contributed by atoms with van der Waals surface area (Å²) in [6.07, 6.45) is 0. The fourth-order valence-corrected chi connectivity index (χ4v) is 5.07. The molecular weight excluding hydrogens is 551 g/mol. The number of pyridine rings is 1. The van der Waals surface area contributed by atoms with Crippen LogP contribution in [0.1, 0.15) is 27.6 Å². The van der Waals surface area contributed by atoms with E-state index in [2.05, 4.69) is 0 Å². The molecule has 0 unspecified atom stereocenters. The number of rotatable bonds is 7. The summed E-state index contributed by atoms with van der Waals surface area (Å²) in [7, 11) is 3.84. The van der Waals surface area contributed by atoms with Crippen LogP contribution in [-0.2, 0) is 11.3 Å². The van der Waals surface area contributed by atoms with Crippen LogP contribution in [0.2, 0.25) is 15.1 Å². The van der Waals surface area contributed by atoms with Crippen molar-refractivity contribution in [3.05, 3.63) is 72.9 Å². The summed E-state index contributed by atoms with van der Waals surface area (Å²) in [5, 5.41) is 1.86. The molecule has 0 aliphatic carbocycles. The van der Waals surface area contributed by atoms with E-state index in [1.165, 1.54) is 0 Å². The van der Waals surface area contributed by atoms with E-state index in [0.717, 1.165) is 0 Å². The van der Waals surface area contributed by atoms with Gasteiger partial charge in [0.15, 0.2) is 0 Å². The number of fused-ring (bicyclic) bond motifs is 1. The molecular formula is C27H29Cl3N4O4. The van der Waals surface area contributed by atoms with Gasteiger partial charge in [-0.05, 0) is 57.4 Å². The number of esters is 1. The van der Waals surface area contributed by atoms with Gasteiger partial charge in [0.1, 0.15) is 5.56 Å². The third kappa shape index (κ3) is 5.78. The van der Waals surface area contributed by atoms with Crippen molar-refractivity contribution in [3.63, 3.8) is 0 Å². The standard InChI is InChI=1S/C27H29Cl3N4O4/c1-4-38-27(37)23-24(19-16-18(28)6-8-22(19)34(26(23)36)14-9-31(2)3)32-10-12-33(13-11-32)25(35)17-5-7-20(29)21(30)15-17/h5-8,15-16H,4,9-14H2,1-3H3. The monoisotopic (exact) mass is 578 g/mol. The van der Waals surface area contributed by atoms with Crippen molar-refractivity contribution in [2.24, 2.45) is 0 Å². The zero-order valence-electron chi connectivity index (χ0n) is 21.5. The van der Waals surface area contributed by atoms with Crippen LogP contribution in [0.15, 0.2) is 41.2 Å². The molecule has 0 radical (unpaired) electrons. The maximum absolute atomic E-state index is 13.8. The number of aromatic nitrogens is 1. The average Bonchev–Trinajstić information content (AvgIpc) is 2.89. The minimum absolute atomic E-state index is 0.0235. The molecule has 1 saturated heterocycles. The van der Waals surface area contributed by atoms with E-state index in [1.54, 1.807) is 52.8 Å². The predicted octanol–water partition coefficient (Wildman–Crippen LogP) is 4.66. The normalized spacial score (nSPS) is 13.9. The second kappa shape index (κ2) is 11.9. The molecule has 4 rings (SSSR count). The molecule has 0 spiro atoms. The van der Waals surface area contributed by atoms with E-state index in [1.807, 2.05) is 23.9 Å². The Labute approximate surface area is 236 Å². The van der Waals surface area contributed by atoms with Gasteiger partial charge in [-0.15, -0.1) is 0 Å². The summed E-state index contributed by atoms with van der Waals surface area (Å²) in [5.41, 5.74) is 1.17. The van der Waals surface area contributed by atoms with E-state index < -0.39 is 11.5 Å². The van der Waals surface area contributed by atoms with Gasteiger partial charge in [-0.2, -0.15) is 0 Å². The molecule has 3 aromatic rings. The highest BCUT2D eigenvalue weighted by Crippen LogP contribution is 2.33. The number of benzene rings is 2. The molecule has 1 amide bonds. The highest BCUT2D eigenvalue weighted by molar-refractivity contribution is 6.42. The smallest absolute Gasteiger partial charge is 0.345 e. The Morgan fingerprint density at radius 3 is 2.32 bits per heavy atom. The number of carbonyl (C=O) groups is 2. The molecule has 1 aromatic heterocycles. The Kier molecular flexibility index (Phi) is 8.88. The summed E-state index contributed by atoms with van der Waals surface area (Å²) < 4.78 is 6.93. The average molecular weight is 580 g/mol. The minimum Gasteiger partial charge on any atom is -0.462 e. The molecule has 11 heteroatoms. The summed E-state index contributed by atoms with van der Waals surface area (Å²) in [6, 6.07) is 10.1. The van der Waals surface area contributed by atoms with Crippen LogP contribution in [-0.4, -0.2) is 79.7 Å². The first-order chi connectivity index (χ1) is 18.1. The zero-order valence-corrected chi connectivity index (χ0v) is 23.7. The van der Waals surface area contributed by atoms with E-state index in [4.69, 9.17) is 39.5 Å². The maximum Gasteiger partial charge on any atom is 0.345 e. The third-order valence-corrected chi connectivity index (χ3v) is 7.47. The molecule has 0 saturated carbocycles. The molecule has 1 aliphatic heterocycles. The van der Waals surface area contributed by atoms with Gasteiger partial charge in [0.25, 0.3) is 11.5 Å². The van der Waals surface area contributed by atoms with Crippen molar-refractivity contribution in [3.8, 4) is 0 Å². The SMILES string of the molecule is CCOC(=O)c1c(N2CCN(C(=O)c3ccc(Cl)c(Cl)c3)CC2)c2cc(Cl)ccc2n(CCN(C)C)c1=O. The van der Waals surface area contributed by atoms with Gasteiger partial charge in [-0.25, -0.2) is 4.79 Å². The number of piperazine rings is 1. The van der Waals surface area contributed by atoms with Crippen LogP contribution in [0.5, 0.6) is 0 Å². The van der Waals surface area contributed by atoms with Crippen molar-refractivity contribution in [2.75, 3.05) is 58.3 Å². The predicted molar refractivity (Wildman–Crippen MR) is 152 cm³/mol. The zero-order chi connectivity index (χ0) is 27.6. The van der Waals surface area contributed by atoms with Gasteiger partial charge in [0, 0.05) is 55.2 Å². The number of anilines is 1. The molecule has 8 nitrogen and oxygen atoms in total. The van der Waals surface area contributed by atoms with Gasteiger partial charge in [-0.3, -0.25) is 9.59 Å². The van der Waals surface area contributed by atoms with Crippen molar-refractivity contribution in [1.82, 2.24) is 14.4 Å². The molecule has 2 heterocycles. The third-order valence-electron chi connectivity index (χ3n) is 6.50. The largest absolute Gasteiger partial charge is 0.462 e. The number of nitrogens with zero attached hydrogens (tertiary/aromatic N) is 4. The van der Waals surface area contributed by atoms with Crippen molar-refractivity contribution < 1.29 is 14.3 Å². The van der Waals surface area contributed by atoms with E-state index in [-0.39, 0.29) is 18.1 Å². The maximum atomic E-state index is 13.8. The molecule has 2 aromatic carbocycles. The van der Waals surface area contributed by atoms with Gasteiger partial charge in [0.05, 0.1) is 27.9 Å². The Bertz CT molecular complexity index is 1430. The van der Waals surface area contributed by atoms with E-state index >= 15 is 0 Å². The van der Waals surface area contributed by atoms with Gasteiger partial charge in [-0.1, -0.05) is 34.8 Å². The van der Waals surface area contributed by atoms with Crippen LogP contribution in [0, 0.1) is 0 Å². The first-order valence-electron chi connectivity index (χ1n) is 12.3. The number of likely N-dealkylation sites (N-methyl/N-ethyl adjacent to an activating group) is 1. The summed E-state index contributed by atoms with van der Waals surface area (Å²) >= 11 is 18.5. The van der Waals surface area contributed by atoms with Crippen molar-refractivity contribution in [2.45, 2.75) is 13.5 Å². The number of halogens is 3. The van der Waals surface area contributed by atoms with Crippen LogP contribution in [0.3, 0.4) is 0 Å². The first-order valence-corrected chi connectivity index (χ1v) is 13.4. The molecule has 202 valence electrons. The van der Waals surface area contributed by atoms with Gasteiger partial charge in [0.2, 0.25) is 0 Å². The second-order valence-electron chi connectivity index (χ2n) is 9.27. The lowest BCUT2D eigenvalue weighted by Gasteiger charge is -2.37. The summed E-state index contributed by atoms with van der Waals surface area (Å²) in [6.45, 7) is 4.41. The van der Waals surface area contributed by atoms with Crippen LogP contribution >= 0.6 is 34.8 Å². The number of hydrogen-bond donors (Lipinski definition) is 0. The minimum atomic E-state index is -0.678. The molecule has 1 fully saturated rings. The second-order valence-corrected chi connectivity index (χ2v) is 10.5. The molecule has 0 atom stereocenters. The fraction of sp³-hybridized carbons (Fsp3) is 0.370. The number of amides is 1. The van der Waals surface area contributed by atoms with Crippen molar-refractivity contribution in [1.29, 1.82) is 0 Å². The summed E-state index contributed by atoms with van der Waals surface area (Å²) in [4.78, 5) is 45.7. The van der Waals surface area contributed by atoms with Gasteiger partial charge < -0.3 is 24.0 Å². The lowest BCUT2D eigenvalue weighted by Crippen LogP contribution is -2.50. The van der Waals surface area contributed by atoms with Crippen molar-refractivity contribution >= 4 is 63.3 Å². The first kappa shape index (κ1) is 28.2. The van der Waals surface area contributed by atoms with Crippen LogP contribution < -0.4 is 10.5 Å². The highest BCUT2D eigenvalue weighted by atomic mass is 35.5. The highest BCUT2D eigenvalue weighted by Gasteiger charge is 2.30. The molecule has 0 N–H and O–H groups in total. The quantitative estimate of drug-likeness (QED) is 0.379.